The zero-order chi connectivity index (χ0) is 17.4. The number of hydrogen-bond acceptors (Lipinski definition) is 5. The maximum absolute atomic E-state index is 8.99. The van der Waals surface area contributed by atoms with Gasteiger partial charge in [-0.15, -0.1) is 0 Å². The number of benzene rings is 1. The van der Waals surface area contributed by atoms with Gasteiger partial charge in [-0.25, -0.2) is 0 Å². The van der Waals surface area contributed by atoms with Crippen molar-refractivity contribution < 1.29 is 13.6 Å². The molecular weight excluding hydrogens is 323 g/mol. The van der Waals surface area contributed by atoms with E-state index in [1.54, 1.807) is 0 Å². The summed E-state index contributed by atoms with van der Waals surface area (Å²) in [7, 11) is -1.37. The van der Waals surface area contributed by atoms with E-state index in [-0.39, 0.29) is 11.6 Å². The zero-order valence-electron chi connectivity index (χ0n) is 14.7. The number of aryl methyl sites for hydroxylation is 1. The van der Waals surface area contributed by atoms with Gasteiger partial charge in [-0.3, -0.25) is 0 Å². The number of hydrogen-bond donors (Lipinski definition) is 1. The van der Waals surface area contributed by atoms with Gasteiger partial charge in [0.1, 0.15) is 6.10 Å². The van der Waals surface area contributed by atoms with Crippen molar-refractivity contribution in [1.82, 2.24) is 5.32 Å². The summed E-state index contributed by atoms with van der Waals surface area (Å²) in [6.07, 6.45) is 2.48. The third-order valence-corrected chi connectivity index (χ3v) is 5.39. The molecule has 0 amide bonds. The van der Waals surface area contributed by atoms with Crippen molar-refractivity contribution in [3.8, 4) is 6.07 Å². The summed E-state index contributed by atoms with van der Waals surface area (Å²) in [5, 5.41) is 12.5. The third-order valence-electron chi connectivity index (χ3n) is 4.03. The highest BCUT2D eigenvalue weighted by Gasteiger charge is 2.42. The number of nitrogens with zero attached hydrogens (tertiary/aromatic N) is 1. The van der Waals surface area contributed by atoms with Gasteiger partial charge in [-0.1, -0.05) is 29.8 Å². The van der Waals surface area contributed by atoms with Gasteiger partial charge < -0.3 is 18.9 Å². The Morgan fingerprint density at radius 2 is 2.00 bits per heavy atom. The predicted octanol–water partition coefficient (Wildman–Crippen LogP) is 4.39. The van der Waals surface area contributed by atoms with E-state index in [1.165, 1.54) is 5.56 Å². The molecule has 2 rings (SSSR count). The number of nitrogens with one attached hydrogen (secondary N) is 1. The monoisotopic (exact) mass is 350 g/mol. The van der Waals surface area contributed by atoms with E-state index in [1.807, 2.05) is 19.9 Å². The molecule has 0 heterocycles. The summed E-state index contributed by atoms with van der Waals surface area (Å²) >= 11 is 0. The van der Waals surface area contributed by atoms with E-state index in [0.29, 0.717) is 26.2 Å². The maximum Gasteiger partial charge on any atom is 0.333 e. The molecular formula is C18H27N2O3P. The Balaban J connectivity index is 2.07. The lowest BCUT2D eigenvalue weighted by Gasteiger charge is -2.25. The van der Waals surface area contributed by atoms with Crippen molar-refractivity contribution in [2.24, 2.45) is 0 Å². The van der Waals surface area contributed by atoms with Crippen LogP contribution < -0.4 is 5.32 Å². The zero-order valence-corrected chi connectivity index (χ0v) is 15.6. The van der Waals surface area contributed by atoms with Crippen LogP contribution in [0.15, 0.2) is 24.3 Å². The summed E-state index contributed by atoms with van der Waals surface area (Å²) in [5.41, 5.74) is 2.26. The first kappa shape index (κ1) is 19.3. The second-order valence-electron chi connectivity index (χ2n) is 6.06. The van der Waals surface area contributed by atoms with Crippen LogP contribution in [-0.2, 0) is 13.6 Å². The van der Waals surface area contributed by atoms with Crippen molar-refractivity contribution in [3.63, 3.8) is 0 Å². The lowest BCUT2D eigenvalue weighted by molar-refractivity contribution is 0.120. The molecule has 1 fully saturated rings. The van der Waals surface area contributed by atoms with Gasteiger partial charge in [0.25, 0.3) is 0 Å². The minimum absolute atomic E-state index is 0.0276. The standard InChI is InChI=1S/C18H27N2O3P/c1-4-21-24(22-5-2)23-17(16-8-6-7-15(3)13-16)14-20-18(9-10-18)11-12-19/h6-8,13,17,20H,4-5,9-11,14H2,1-3H3. The van der Waals surface area contributed by atoms with Crippen LogP contribution in [0.2, 0.25) is 0 Å². The van der Waals surface area contributed by atoms with Gasteiger partial charge in [-0.2, -0.15) is 5.26 Å². The highest BCUT2D eigenvalue weighted by molar-refractivity contribution is 7.41. The van der Waals surface area contributed by atoms with Gasteiger partial charge in [0.15, 0.2) is 0 Å². The van der Waals surface area contributed by atoms with Crippen LogP contribution in [0.3, 0.4) is 0 Å². The Morgan fingerprint density at radius 1 is 1.29 bits per heavy atom. The molecule has 0 radical (unpaired) electrons. The van der Waals surface area contributed by atoms with Gasteiger partial charge in [0.05, 0.1) is 25.7 Å². The summed E-state index contributed by atoms with van der Waals surface area (Å²) < 4.78 is 17.3. The highest BCUT2D eigenvalue weighted by atomic mass is 31.2. The molecule has 0 aromatic heterocycles. The molecule has 5 nitrogen and oxygen atoms in total. The normalized spacial score (nSPS) is 16.8. The molecule has 0 aliphatic heterocycles. The second kappa shape index (κ2) is 9.46. The summed E-state index contributed by atoms with van der Waals surface area (Å²) in [5.74, 6) is 0. The Hall–Kier alpha value is -1.02. The van der Waals surface area contributed by atoms with Crippen molar-refractivity contribution in [1.29, 1.82) is 5.26 Å². The van der Waals surface area contributed by atoms with E-state index in [9.17, 15) is 0 Å². The maximum atomic E-state index is 8.99. The molecule has 0 saturated heterocycles. The largest absolute Gasteiger partial charge is 0.333 e. The topological polar surface area (TPSA) is 63.5 Å². The van der Waals surface area contributed by atoms with Crippen LogP contribution in [-0.4, -0.2) is 25.3 Å². The Labute approximate surface area is 146 Å². The van der Waals surface area contributed by atoms with Crippen molar-refractivity contribution in [3.05, 3.63) is 35.4 Å². The van der Waals surface area contributed by atoms with Gasteiger partial charge in [0, 0.05) is 12.1 Å². The lowest BCUT2D eigenvalue weighted by Crippen LogP contribution is -2.35. The number of rotatable bonds is 11. The average Bonchev–Trinajstić information content (AvgIpc) is 3.32. The molecule has 132 valence electrons. The molecule has 0 spiro atoms. The third kappa shape index (κ3) is 5.81. The average molecular weight is 350 g/mol. The van der Waals surface area contributed by atoms with E-state index in [0.717, 1.165) is 18.4 Å². The van der Waals surface area contributed by atoms with Crippen molar-refractivity contribution >= 4 is 8.60 Å². The van der Waals surface area contributed by atoms with E-state index < -0.39 is 8.60 Å². The first-order chi connectivity index (χ1) is 11.6. The Bertz CT molecular complexity index is 551. The predicted molar refractivity (Wildman–Crippen MR) is 95.4 cm³/mol. The minimum atomic E-state index is -1.37. The van der Waals surface area contributed by atoms with Crippen LogP contribution in [0.1, 0.15) is 50.3 Å². The smallest absolute Gasteiger partial charge is 0.313 e. The van der Waals surface area contributed by atoms with Crippen molar-refractivity contribution in [2.75, 3.05) is 19.8 Å². The molecule has 1 aliphatic rings. The van der Waals surface area contributed by atoms with Crippen LogP contribution in [0.4, 0.5) is 0 Å². The molecule has 1 atom stereocenters. The van der Waals surface area contributed by atoms with Crippen molar-refractivity contribution in [2.45, 2.75) is 51.7 Å². The minimum Gasteiger partial charge on any atom is -0.313 e. The lowest BCUT2D eigenvalue weighted by atomic mass is 10.1. The summed E-state index contributed by atoms with van der Waals surface area (Å²) in [6.45, 7) is 7.69. The van der Waals surface area contributed by atoms with Crippen LogP contribution in [0.5, 0.6) is 0 Å². The van der Waals surface area contributed by atoms with E-state index in [2.05, 4.69) is 36.5 Å². The van der Waals surface area contributed by atoms with Crippen LogP contribution in [0, 0.1) is 18.3 Å². The first-order valence-electron chi connectivity index (χ1n) is 8.53. The van der Waals surface area contributed by atoms with Gasteiger partial charge in [0.2, 0.25) is 0 Å². The van der Waals surface area contributed by atoms with E-state index >= 15 is 0 Å². The fourth-order valence-electron chi connectivity index (χ4n) is 2.53. The quantitative estimate of drug-likeness (QED) is 0.600. The molecule has 1 N–H and O–H groups in total. The molecule has 1 saturated carbocycles. The SMILES string of the molecule is CCOP(OCC)OC(CNC1(CC#N)CC1)c1cccc(C)c1. The molecule has 0 bridgehead atoms. The first-order valence-corrected chi connectivity index (χ1v) is 9.63. The highest BCUT2D eigenvalue weighted by Crippen LogP contribution is 2.45. The van der Waals surface area contributed by atoms with Gasteiger partial charge >= 0.3 is 8.60 Å². The summed E-state index contributed by atoms with van der Waals surface area (Å²) in [4.78, 5) is 0. The Morgan fingerprint density at radius 3 is 2.54 bits per heavy atom. The summed E-state index contributed by atoms with van der Waals surface area (Å²) in [6, 6.07) is 10.6. The second-order valence-corrected chi connectivity index (χ2v) is 7.24. The molecule has 24 heavy (non-hydrogen) atoms. The molecule has 1 unspecified atom stereocenters. The van der Waals surface area contributed by atoms with Gasteiger partial charge in [-0.05, 0) is 39.2 Å². The fourth-order valence-corrected chi connectivity index (χ4v) is 3.55. The molecule has 6 heteroatoms. The number of nitriles is 1. The van der Waals surface area contributed by atoms with Crippen LogP contribution >= 0.6 is 8.60 Å². The Kier molecular flexibility index (Phi) is 7.61. The van der Waals surface area contributed by atoms with E-state index in [4.69, 9.17) is 18.8 Å². The fraction of sp³-hybridized carbons (Fsp3) is 0.611. The molecule has 1 aromatic carbocycles. The van der Waals surface area contributed by atoms with Crippen LogP contribution in [0.25, 0.3) is 0 Å². The molecule has 1 aromatic rings. The molecule has 1 aliphatic carbocycles.